The summed E-state index contributed by atoms with van der Waals surface area (Å²) in [7, 11) is 0. The zero-order valence-electron chi connectivity index (χ0n) is 27.9. The Bertz CT molecular complexity index is 3130. The molecule has 0 spiro atoms. The largest absolute Gasteiger partial charge is 0.456 e. The highest BCUT2D eigenvalue weighted by Gasteiger charge is 2.22. The summed E-state index contributed by atoms with van der Waals surface area (Å²) >= 11 is 1.84. The van der Waals surface area contributed by atoms with Gasteiger partial charge in [-0.2, -0.15) is 0 Å². The molecule has 11 rings (SSSR count). The standard InChI is InChI=1S/C48H29NO2S/c1-3-11-30(12-4-1)32-21-25-45-40(27-32)41-29-34(23-26-46(41)52-45)49(33-22-24-44-39(28-33)36-15-7-8-20-43(36)50-44)42-19-10-18-38-37-17-9-16-35(47(37)51-48(38)42)31-13-5-2-6-14-31/h1-29H. The first-order valence-corrected chi connectivity index (χ1v) is 18.3. The molecule has 0 fully saturated rings. The predicted molar refractivity (Wildman–Crippen MR) is 219 cm³/mol. The zero-order valence-corrected chi connectivity index (χ0v) is 28.7. The van der Waals surface area contributed by atoms with Crippen molar-refractivity contribution in [2.75, 3.05) is 4.90 Å². The molecule has 0 bridgehead atoms. The number of benzene rings is 8. The van der Waals surface area contributed by atoms with Crippen molar-refractivity contribution in [1.82, 2.24) is 0 Å². The van der Waals surface area contributed by atoms with Crippen molar-refractivity contribution in [1.29, 1.82) is 0 Å². The lowest BCUT2D eigenvalue weighted by Crippen LogP contribution is -2.10. The zero-order chi connectivity index (χ0) is 34.2. The molecule has 0 atom stereocenters. The van der Waals surface area contributed by atoms with Gasteiger partial charge in [-0.25, -0.2) is 0 Å². The molecule has 0 aliphatic rings. The first-order valence-electron chi connectivity index (χ1n) is 17.5. The maximum absolute atomic E-state index is 6.99. The van der Waals surface area contributed by atoms with Crippen LogP contribution in [0.3, 0.4) is 0 Å². The van der Waals surface area contributed by atoms with Crippen molar-refractivity contribution >= 4 is 92.4 Å². The van der Waals surface area contributed by atoms with Crippen LogP contribution in [0.4, 0.5) is 17.1 Å². The van der Waals surface area contributed by atoms with Crippen LogP contribution in [0.1, 0.15) is 0 Å². The van der Waals surface area contributed by atoms with Crippen LogP contribution in [0, 0.1) is 0 Å². The molecule has 3 aromatic heterocycles. The molecule has 0 amide bonds. The van der Waals surface area contributed by atoms with Gasteiger partial charge in [0, 0.05) is 58.7 Å². The van der Waals surface area contributed by atoms with Crippen molar-refractivity contribution in [2.45, 2.75) is 0 Å². The van der Waals surface area contributed by atoms with Crippen molar-refractivity contribution in [3.63, 3.8) is 0 Å². The van der Waals surface area contributed by atoms with Crippen molar-refractivity contribution < 1.29 is 8.83 Å². The average Bonchev–Trinajstić information content (AvgIpc) is 3.90. The SMILES string of the molecule is c1ccc(-c2ccc3sc4ccc(N(c5ccc6oc7ccccc7c6c5)c5cccc6c5oc5c(-c7ccccc7)cccc56)cc4c3c2)cc1. The fraction of sp³-hybridized carbons (Fsp3) is 0. The third-order valence-corrected chi connectivity index (χ3v) is 11.4. The molecule has 8 aromatic carbocycles. The fourth-order valence-electron chi connectivity index (χ4n) is 7.82. The van der Waals surface area contributed by atoms with E-state index < -0.39 is 0 Å². The smallest absolute Gasteiger partial charge is 0.159 e. The molecule has 0 unspecified atom stereocenters. The minimum absolute atomic E-state index is 0.847. The third-order valence-electron chi connectivity index (χ3n) is 10.3. The van der Waals surface area contributed by atoms with E-state index in [9.17, 15) is 0 Å². The molecule has 3 heterocycles. The van der Waals surface area contributed by atoms with E-state index in [-0.39, 0.29) is 0 Å². The molecular weight excluding hydrogens is 655 g/mol. The maximum Gasteiger partial charge on any atom is 0.159 e. The second-order valence-electron chi connectivity index (χ2n) is 13.3. The minimum Gasteiger partial charge on any atom is -0.456 e. The second kappa shape index (κ2) is 11.5. The summed E-state index contributed by atoms with van der Waals surface area (Å²) in [6.45, 7) is 0. The van der Waals surface area contributed by atoms with Crippen LogP contribution >= 0.6 is 11.3 Å². The Hall–Kier alpha value is -6.62. The normalized spacial score (nSPS) is 11.8. The van der Waals surface area contributed by atoms with Gasteiger partial charge in [-0.1, -0.05) is 115 Å². The molecule has 0 saturated carbocycles. The molecule has 244 valence electrons. The van der Waals surface area contributed by atoms with E-state index in [1.54, 1.807) is 0 Å². The number of para-hydroxylation sites is 3. The number of hydrogen-bond acceptors (Lipinski definition) is 4. The van der Waals surface area contributed by atoms with E-state index in [1.807, 2.05) is 29.5 Å². The molecule has 0 aliphatic carbocycles. The van der Waals surface area contributed by atoms with Gasteiger partial charge in [0.15, 0.2) is 5.58 Å². The van der Waals surface area contributed by atoms with E-state index in [1.165, 1.54) is 31.3 Å². The molecule has 4 heteroatoms. The Labute approximate surface area is 303 Å². The van der Waals surface area contributed by atoms with Gasteiger partial charge in [-0.15, -0.1) is 11.3 Å². The molecule has 0 saturated heterocycles. The van der Waals surface area contributed by atoms with E-state index >= 15 is 0 Å². The maximum atomic E-state index is 6.99. The summed E-state index contributed by atoms with van der Waals surface area (Å²) in [5, 5.41) is 6.85. The Morgan fingerprint density at radius 2 is 0.981 bits per heavy atom. The van der Waals surface area contributed by atoms with Crippen LogP contribution in [0.5, 0.6) is 0 Å². The Kier molecular flexibility index (Phi) is 6.42. The van der Waals surface area contributed by atoms with Crippen LogP contribution < -0.4 is 4.90 Å². The van der Waals surface area contributed by atoms with Crippen LogP contribution in [0.15, 0.2) is 185 Å². The van der Waals surface area contributed by atoms with E-state index in [0.29, 0.717) is 0 Å². The molecule has 0 radical (unpaired) electrons. The van der Waals surface area contributed by atoms with E-state index in [0.717, 1.165) is 72.1 Å². The molecule has 11 aromatic rings. The van der Waals surface area contributed by atoms with Gasteiger partial charge >= 0.3 is 0 Å². The molecule has 3 nitrogen and oxygen atoms in total. The van der Waals surface area contributed by atoms with Crippen molar-refractivity contribution in [3.8, 4) is 22.3 Å². The van der Waals surface area contributed by atoms with E-state index in [4.69, 9.17) is 8.83 Å². The number of anilines is 3. The highest BCUT2D eigenvalue weighted by molar-refractivity contribution is 7.25. The van der Waals surface area contributed by atoms with Gasteiger partial charge in [0.25, 0.3) is 0 Å². The summed E-state index contributed by atoms with van der Waals surface area (Å²) < 4.78 is 15.8. The lowest BCUT2D eigenvalue weighted by Gasteiger charge is -2.25. The predicted octanol–water partition coefficient (Wildman–Crippen LogP) is 14.7. The number of furan rings is 2. The highest BCUT2D eigenvalue weighted by Crippen LogP contribution is 2.47. The Morgan fingerprint density at radius 1 is 0.365 bits per heavy atom. The first kappa shape index (κ1) is 29.1. The van der Waals surface area contributed by atoms with Crippen LogP contribution in [0.25, 0.3) is 86.3 Å². The van der Waals surface area contributed by atoms with Crippen molar-refractivity contribution in [2.24, 2.45) is 0 Å². The third kappa shape index (κ3) is 4.51. The number of thiophene rings is 1. The molecule has 0 N–H and O–H groups in total. The number of hydrogen-bond donors (Lipinski definition) is 0. The number of rotatable bonds is 5. The lowest BCUT2D eigenvalue weighted by atomic mass is 10.0. The quantitative estimate of drug-likeness (QED) is 0.181. The Morgan fingerprint density at radius 3 is 1.81 bits per heavy atom. The Balaban J connectivity index is 1.17. The summed E-state index contributed by atoms with van der Waals surface area (Å²) in [6, 6.07) is 62.5. The van der Waals surface area contributed by atoms with Gasteiger partial charge in [0.1, 0.15) is 16.7 Å². The van der Waals surface area contributed by atoms with Gasteiger partial charge in [0.2, 0.25) is 0 Å². The molecule has 0 aliphatic heterocycles. The van der Waals surface area contributed by atoms with Crippen LogP contribution in [-0.4, -0.2) is 0 Å². The summed E-state index contributed by atoms with van der Waals surface area (Å²) in [4.78, 5) is 2.35. The molecular formula is C48H29NO2S. The fourth-order valence-corrected chi connectivity index (χ4v) is 8.89. The van der Waals surface area contributed by atoms with Crippen LogP contribution in [-0.2, 0) is 0 Å². The topological polar surface area (TPSA) is 29.5 Å². The van der Waals surface area contributed by atoms with Gasteiger partial charge < -0.3 is 13.7 Å². The van der Waals surface area contributed by atoms with Gasteiger partial charge in [-0.3, -0.25) is 0 Å². The summed E-state index contributed by atoms with van der Waals surface area (Å²) in [5.41, 5.74) is 11.2. The molecule has 52 heavy (non-hydrogen) atoms. The number of fused-ring (bicyclic) bond motifs is 9. The van der Waals surface area contributed by atoms with E-state index in [2.05, 4.69) is 163 Å². The summed E-state index contributed by atoms with van der Waals surface area (Å²) in [5.74, 6) is 0. The first-order chi connectivity index (χ1) is 25.8. The lowest BCUT2D eigenvalue weighted by molar-refractivity contribution is 0.669. The van der Waals surface area contributed by atoms with Crippen LogP contribution in [0.2, 0.25) is 0 Å². The monoisotopic (exact) mass is 683 g/mol. The second-order valence-corrected chi connectivity index (χ2v) is 14.4. The average molecular weight is 684 g/mol. The minimum atomic E-state index is 0.847. The highest BCUT2D eigenvalue weighted by atomic mass is 32.1. The number of nitrogens with zero attached hydrogens (tertiary/aromatic N) is 1. The van der Waals surface area contributed by atoms with Gasteiger partial charge in [0.05, 0.1) is 5.69 Å². The van der Waals surface area contributed by atoms with Gasteiger partial charge in [-0.05, 0) is 77.4 Å². The summed E-state index contributed by atoms with van der Waals surface area (Å²) in [6.07, 6.45) is 0. The van der Waals surface area contributed by atoms with Crippen molar-refractivity contribution in [3.05, 3.63) is 176 Å².